The molecule has 1 N–H and O–H groups in total. The minimum atomic E-state index is -1.07. The second-order valence-corrected chi connectivity index (χ2v) is 12.2. The fraction of sp³-hybridized carbons (Fsp3) is 0.333. The van der Waals surface area contributed by atoms with Crippen molar-refractivity contribution in [2.75, 3.05) is 44.7 Å². The van der Waals surface area contributed by atoms with Crippen molar-refractivity contribution in [1.82, 2.24) is 19.8 Å². The zero-order chi connectivity index (χ0) is 33.2. The normalized spacial score (nSPS) is 18.4. The second-order valence-electron chi connectivity index (χ2n) is 12.2. The smallest absolute Gasteiger partial charge is 0.407 e. The summed E-state index contributed by atoms with van der Waals surface area (Å²) in [6.07, 6.45) is 2.59. The lowest BCUT2D eigenvalue weighted by molar-refractivity contribution is 0.119. The van der Waals surface area contributed by atoms with E-state index in [0.717, 1.165) is 24.9 Å². The van der Waals surface area contributed by atoms with Crippen molar-refractivity contribution >= 4 is 33.8 Å². The standard InChI is InChI=1S/C36H35FN6O5/c1-41-15-6-9-25(41)22-48-35-39-29-19-27(31-28(37)10-5-11-30(31)47-21-23-7-3-2-4-8-23)26-13-18-46-33(26)32(29)34(40-35)42-16-17-43(36(44)45)24(20-42)12-14-38/h2-5,7-8,10-11,13,18-19,24-25H,6,9,12,15-17,20-22H2,1H3,(H,44,45)/t24-,25?/m0/s1. The summed E-state index contributed by atoms with van der Waals surface area (Å²) in [6.45, 7) is 2.40. The molecule has 2 aliphatic heterocycles. The van der Waals surface area contributed by atoms with Crippen molar-refractivity contribution in [3.05, 3.63) is 78.3 Å². The lowest BCUT2D eigenvalue weighted by atomic mass is 9.97. The van der Waals surface area contributed by atoms with Crippen LogP contribution in [0.1, 0.15) is 24.8 Å². The number of nitriles is 1. The Balaban J connectivity index is 1.35. The molecule has 11 nitrogen and oxygen atoms in total. The van der Waals surface area contributed by atoms with Crippen molar-refractivity contribution in [2.24, 2.45) is 0 Å². The van der Waals surface area contributed by atoms with E-state index in [1.165, 1.54) is 11.0 Å². The number of rotatable bonds is 9. The van der Waals surface area contributed by atoms with Gasteiger partial charge in [-0.25, -0.2) is 9.18 Å². The summed E-state index contributed by atoms with van der Waals surface area (Å²) >= 11 is 0. The highest BCUT2D eigenvalue weighted by atomic mass is 19.1. The molecule has 0 radical (unpaired) electrons. The SMILES string of the molecule is CN1CCCC1COc1nc(N2CCN(C(=O)O)[C@@H](CC#N)C2)c2c(cc(-c3c(F)cccc3OCc3ccccc3)c3ccoc32)n1. The molecule has 2 aromatic heterocycles. The average molecular weight is 651 g/mol. The molecule has 2 saturated heterocycles. The van der Waals surface area contributed by atoms with Crippen LogP contribution in [0.5, 0.6) is 11.8 Å². The number of hydrogen-bond donors (Lipinski definition) is 1. The highest BCUT2D eigenvalue weighted by molar-refractivity contribution is 6.14. The highest BCUT2D eigenvalue weighted by Gasteiger charge is 2.33. The Kier molecular flexibility index (Phi) is 8.69. The fourth-order valence-electron chi connectivity index (χ4n) is 6.76. The number of likely N-dealkylation sites (tertiary alicyclic amines) is 1. The predicted octanol–water partition coefficient (Wildman–Crippen LogP) is 6.32. The van der Waals surface area contributed by atoms with Crippen LogP contribution in [0.3, 0.4) is 0 Å². The molecule has 0 spiro atoms. The first-order valence-corrected chi connectivity index (χ1v) is 16.0. The molecular weight excluding hydrogens is 615 g/mol. The van der Waals surface area contributed by atoms with Gasteiger partial charge in [-0.3, -0.25) is 0 Å². The van der Waals surface area contributed by atoms with E-state index in [9.17, 15) is 15.2 Å². The minimum Gasteiger partial charge on any atom is -0.488 e. The Morgan fingerprint density at radius 3 is 2.71 bits per heavy atom. The van der Waals surface area contributed by atoms with Gasteiger partial charge in [0.15, 0.2) is 0 Å². The largest absolute Gasteiger partial charge is 0.488 e. The number of carboxylic acid groups (broad SMARTS) is 1. The van der Waals surface area contributed by atoms with E-state index in [1.807, 2.05) is 35.2 Å². The van der Waals surface area contributed by atoms with Crippen LogP contribution in [0.25, 0.3) is 33.0 Å². The molecule has 4 heterocycles. The van der Waals surface area contributed by atoms with Crippen molar-refractivity contribution in [3.63, 3.8) is 0 Å². The first kappa shape index (κ1) is 31.2. The van der Waals surface area contributed by atoms with E-state index in [2.05, 4.69) is 18.0 Å². The molecule has 246 valence electrons. The molecule has 2 fully saturated rings. The lowest BCUT2D eigenvalue weighted by Crippen LogP contribution is -2.55. The number of aromatic nitrogens is 2. The van der Waals surface area contributed by atoms with Gasteiger partial charge >= 0.3 is 12.1 Å². The number of nitrogens with zero attached hydrogens (tertiary/aromatic N) is 6. The molecule has 0 aliphatic carbocycles. The van der Waals surface area contributed by atoms with Crippen molar-refractivity contribution in [2.45, 2.75) is 38.0 Å². The third-order valence-electron chi connectivity index (χ3n) is 9.27. The summed E-state index contributed by atoms with van der Waals surface area (Å²) in [4.78, 5) is 27.2. The molecule has 2 aliphatic rings. The summed E-state index contributed by atoms with van der Waals surface area (Å²) in [5.41, 5.74) is 2.69. The third kappa shape index (κ3) is 6.04. The van der Waals surface area contributed by atoms with Crippen molar-refractivity contribution < 1.29 is 28.2 Å². The van der Waals surface area contributed by atoms with E-state index in [-0.39, 0.29) is 43.7 Å². The number of halogens is 1. The fourth-order valence-corrected chi connectivity index (χ4v) is 6.76. The van der Waals surface area contributed by atoms with E-state index in [4.69, 9.17) is 23.9 Å². The molecular formula is C36H35FN6O5. The third-order valence-corrected chi connectivity index (χ3v) is 9.27. The number of anilines is 1. The van der Waals surface area contributed by atoms with E-state index < -0.39 is 18.0 Å². The second kappa shape index (κ2) is 13.4. The van der Waals surface area contributed by atoms with Crippen molar-refractivity contribution in [1.29, 1.82) is 5.26 Å². The summed E-state index contributed by atoms with van der Waals surface area (Å²) in [6, 6.07) is 20.0. The van der Waals surface area contributed by atoms with Crippen LogP contribution >= 0.6 is 0 Å². The number of benzene rings is 3. The maximum atomic E-state index is 15.8. The first-order valence-electron chi connectivity index (χ1n) is 16.0. The zero-order valence-electron chi connectivity index (χ0n) is 26.5. The van der Waals surface area contributed by atoms with Gasteiger partial charge in [0.2, 0.25) is 0 Å². The maximum absolute atomic E-state index is 15.8. The summed E-state index contributed by atoms with van der Waals surface area (Å²) < 4.78 is 34.3. The number of hydrogen-bond acceptors (Lipinski definition) is 9. The molecule has 1 amide bonds. The van der Waals surface area contributed by atoms with Crippen LogP contribution in [0.15, 0.2) is 71.3 Å². The Hall–Kier alpha value is -5.41. The molecule has 48 heavy (non-hydrogen) atoms. The number of furan rings is 1. The topological polar surface area (TPSA) is 128 Å². The summed E-state index contributed by atoms with van der Waals surface area (Å²) in [7, 11) is 2.07. The number of carbonyl (C=O) groups is 1. The van der Waals surface area contributed by atoms with E-state index in [0.29, 0.717) is 52.2 Å². The highest BCUT2D eigenvalue weighted by Crippen LogP contribution is 2.43. The van der Waals surface area contributed by atoms with Crippen LogP contribution in [0.2, 0.25) is 0 Å². The molecule has 0 saturated carbocycles. The number of fused-ring (bicyclic) bond motifs is 3. The molecule has 1 unspecified atom stereocenters. The van der Waals surface area contributed by atoms with Gasteiger partial charge in [0.1, 0.15) is 36.2 Å². The van der Waals surface area contributed by atoms with Gasteiger partial charge in [-0.15, -0.1) is 0 Å². The lowest BCUT2D eigenvalue weighted by Gasteiger charge is -2.39. The maximum Gasteiger partial charge on any atom is 0.407 e. The van der Waals surface area contributed by atoms with Gasteiger partial charge in [0.25, 0.3) is 0 Å². The quantitative estimate of drug-likeness (QED) is 0.194. The summed E-state index contributed by atoms with van der Waals surface area (Å²) in [5.74, 6) is 0.421. The van der Waals surface area contributed by atoms with Crippen molar-refractivity contribution in [3.8, 4) is 29.0 Å². The molecule has 3 aromatic carbocycles. The van der Waals surface area contributed by atoms with Gasteiger partial charge in [-0.1, -0.05) is 36.4 Å². The van der Waals surface area contributed by atoms with Crippen LogP contribution in [-0.2, 0) is 6.61 Å². The predicted molar refractivity (Wildman–Crippen MR) is 178 cm³/mol. The Labute approximate surface area is 276 Å². The van der Waals surface area contributed by atoms with Crippen LogP contribution in [0.4, 0.5) is 15.0 Å². The van der Waals surface area contributed by atoms with Gasteiger partial charge in [0.05, 0.1) is 41.3 Å². The minimum absolute atomic E-state index is 0.0303. The Morgan fingerprint density at radius 1 is 1.08 bits per heavy atom. The zero-order valence-corrected chi connectivity index (χ0v) is 26.5. The van der Waals surface area contributed by atoms with Crippen LogP contribution in [0, 0.1) is 17.1 Å². The van der Waals surface area contributed by atoms with Gasteiger partial charge in [-0.05, 0) is 56.3 Å². The van der Waals surface area contributed by atoms with Gasteiger partial charge in [-0.2, -0.15) is 15.2 Å². The Morgan fingerprint density at radius 2 is 1.94 bits per heavy atom. The number of ether oxygens (including phenoxy) is 2. The van der Waals surface area contributed by atoms with E-state index >= 15 is 4.39 Å². The number of piperazine rings is 1. The molecule has 0 bridgehead atoms. The monoisotopic (exact) mass is 650 g/mol. The van der Waals surface area contributed by atoms with Gasteiger partial charge in [0, 0.05) is 36.6 Å². The van der Waals surface area contributed by atoms with Crippen LogP contribution in [-0.4, -0.2) is 82.9 Å². The molecule has 5 aromatic rings. The first-order chi connectivity index (χ1) is 23.4. The number of likely N-dealkylation sites (N-methyl/N-ethyl adjacent to an activating group) is 1. The summed E-state index contributed by atoms with van der Waals surface area (Å²) in [5, 5.41) is 20.5. The van der Waals surface area contributed by atoms with Gasteiger partial charge < -0.3 is 33.7 Å². The molecule has 12 heteroatoms. The number of amides is 1. The van der Waals surface area contributed by atoms with Crippen LogP contribution < -0.4 is 14.4 Å². The molecule has 7 rings (SSSR count). The van der Waals surface area contributed by atoms with E-state index in [1.54, 1.807) is 30.5 Å². The average Bonchev–Trinajstić information content (AvgIpc) is 3.75. The Bertz CT molecular complexity index is 2000. The molecule has 2 atom stereocenters.